The molecule has 1 N–H and O–H groups in total. The smallest absolute Gasteiger partial charge is 0.241 e. The first-order valence-corrected chi connectivity index (χ1v) is 9.22. The number of anilines is 2. The number of rotatable bonds is 6. The van der Waals surface area contributed by atoms with Crippen molar-refractivity contribution in [2.24, 2.45) is 0 Å². The van der Waals surface area contributed by atoms with Crippen LogP contribution in [0.5, 0.6) is 5.75 Å². The van der Waals surface area contributed by atoms with Crippen LogP contribution < -0.4 is 15.0 Å². The van der Waals surface area contributed by atoms with Gasteiger partial charge >= 0.3 is 0 Å². The average Bonchev–Trinajstić information content (AvgIpc) is 2.77. The van der Waals surface area contributed by atoms with E-state index in [0.717, 1.165) is 0 Å². The second-order valence-electron chi connectivity index (χ2n) is 6.92. The van der Waals surface area contributed by atoms with Crippen molar-refractivity contribution in [2.45, 2.75) is 19.4 Å². The molecule has 1 aliphatic heterocycles. The zero-order chi connectivity index (χ0) is 20.1. The van der Waals surface area contributed by atoms with Crippen molar-refractivity contribution >= 4 is 23.2 Å². The topological polar surface area (TPSA) is 61.9 Å². The minimum atomic E-state index is -0.310. The molecule has 0 fully saturated rings. The molecule has 148 valence electrons. The number of ether oxygens (including phenoxy) is 1. The van der Waals surface area contributed by atoms with E-state index >= 15 is 0 Å². The van der Waals surface area contributed by atoms with Gasteiger partial charge in [0.05, 0.1) is 17.9 Å². The van der Waals surface area contributed by atoms with Crippen molar-refractivity contribution < 1.29 is 18.7 Å². The molecule has 6 nitrogen and oxygen atoms in total. The zero-order valence-electron chi connectivity index (χ0n) is 16.0. The van der Waals surface area contributed by atoms with Crippen molar-refractivity contribution in [3.8, 4) is 5.75 Å². The van der Waals surface area contributed by atoms with Gasteiger partial charge in [0.25, 0.3) is 0 Å². The molecule has 0 saturated heterocycles. The van der Waals surface area contributed by atoms with Gasteiger partial charge in [0.15, 0.2) is 0 Å². The standard InChI is InChI=1S/C21H24FN3O3/c1-15-13-20(26)23-18-5-3-4-6-19(18)25(15)21(27)14-24(2)11-12-28-17-9-7-16(22)8-10-17/h3-10,15H,11-14H2,1-2H3,(H,23,26)/t15-/m0/s1. The third-order valence-corrected chi connectivity index (χ3v) is 4.59. The van der Waals surface area contributed by atoms with E-state index in [4.69, 9.17) is 4.74 Å². The maximum absolute atomic E-state index is 13.0. The Morgan fingerprint density at radius 2 is 1.96 bits per heavy atom. The summed E-state index contributed by atoms with van der Waals surface area (Å²) in [5, 5.41) is 2.85. The number of carbonyl (C=O) groups excluding carboxylic acids is 2. The highest BCUT2D eigenvalue weighted by Gasteiger charge is 2.29. The number of hydrogen-bond acceptors (Lipinski definition) is 4. The maximum atomic E-state index is 13.0. The molecule has 2 amide bonds. The molecule has 2 aromatic carbocycles. The van der Waals surface area contributed by atoms with Crippen molar-refractivity contribution in [1.82, 2.24) is 4.90 Å². The highest BCUT2D eigenvalue weighted by atomic mass is 19.1. The number of para-hydroxylation sites is 2. The summed E-state index contributed by atoms with van der Waals surface area (Å²) >= 11 is 0. The number of amides is 2. The molecular weight excluding hydrogens is 361 g/mol. The SMILES string of the molecule is C[C@H]1CC(=O)Nc2ccccc2N1C(=O)CN(C)CCOc1ccc(F)cc1. The monoisotopic (exact) mass is 385 g/mol. The fraction of sp³-hybridized carbons (Fsp3) is 0.333. The number of halogens is 1. The summed E-state index contributed by atoms with van der Waals surface area (Å²) < 4.78 is 18.5. The van der Waals surface area contributed by atoms with Crippen molar-refractivity contribution in [1.29, 1.82) is 0 Å². The van der Waals surface area contributed by atoms with Crippen molar-refractivity contribution in [2.75, 3.05) is 37.0 Å². The van der Waals surface area contributed by atoms with Crippen LogP contribution in [0.1, 0.15) is 13.3 Å². The van der Waals surface area contributed by atoms with E-state index in [1.807, 2.05) is 37.1 Å². The van der Waals surface area contributed by atoms with Crippen LogP contribution in [-0.2, 0) is 9.59 Å². The molecule has 0 radical (unpaired) electrons. The zero-order valence-corrected chi connectivity index (χ0v) is 16.0. The lowest BCUT2D eigenvalue weighted by Crippen LogP contribution is -2.44. The van der Waals surface area contributed by atoms with Gasteiger partial charge in [-0.25, -0.2) is 4.39 Å². The van der Waals surface area contributed by atoms with Crippen LogP contribution in [0.25, 0.3) is 0 Å². The Balaban J connectivity index is 1.59. The minimum absolute atomic E-state index is 0.0827. The lowest BCUT2D eigenvalue weighted by molar-refractivity contribution is -0.120. The fourth-order valence-corrected chi connectivity index (χ4v) is 3.20. The summed E-state index contributed by atoms with van der Waals surface area (Å²) in [5.74, 6) is 0.0905. The van der Waals surface area contributed by atoms with E-state index in [-0.39, 0.29) is 36.6 Å². The van der Waals surface area contributed by atoms with Crippen LogP contribution in [0.15, 0.2) is 48.5 Å². The first-order valence-electron chi connectivity index (χ1n) is 9.22. The summed E-state index contributed by atoms with van der Waals surface area (Å²) in [7, 11) is 1.84. The summed E-state index contributed by atoms with van der Waals surface area (Å²) in [6.45, 7) is 2.97. The molecule has 0 spiro atoms. The lowest BCUT2D eigenvalue weighted by atomic mass is 10.1. The van der Waals surface area contributed by atoms with Gasteiger partial charge in [-0.3, -0.25) is 14.5 Å². The molecule has 0 saturated carbocycles. The van der Waals surface area contributed by atoms with Crippen LogP contribution in [0.4, 0.5) is 15.8 Å². The minimum Gasteiger partial charge on any atom is -0.492 e. The van der Waals surface area contributed by atoms with Crippen LogP contribution in [0, 0.1) is 5.82 Å². The Bertz CT molecular complexity index is 841. The fourth-order valence-electron chi connectivity index (χ4n) is 3.20. The molecule has 0 aromatic heterocycles. The van der Waals surface area contributed by atoms with E-state index in [9.17, 15) is 14.0 Å². The Morgan fingerprint density at radius 3 is 2.71 bits per heavy atom. The molecule has 1 atom stereocenters. The molecule has 0 bridgehead atoms. The molecule has 0 aliphatic carbocycles. The van der Waals surface area contributed by atoms with Crippen molar-refractivity contribution in [3.05, 3.63) is 54.3 Å². The van der Waals surface area contributed by atoms with Crippen LogP contribution in [0.2, 0.25) is 0 Å². The van der Waals surface area contributed by atoms with E-state index in [2.05, 4.69) is 5.32 Å². The van der Waals surface area contributed by atoms with Gasteiger partial charge in [-0.2, -0.15) is 0 Å². The average molecular weight is 385 g/mol. The summed E-state index contributed by atoms with van der Waals surface area (Å²) in [6, 6.07) is 12.9. The summed E-state index contributed by atoms with van der Waals surface area (Å²) in [4.78, 5) is 28.6. The number of carbonyl (C=O) groups is 2. The van der Waals surface area contributed by atoms with Gasteiger partial charge in [-0.15, -0.1) is 0 Å². The van der Waals surface area contributed by atoms with Crippen LogP contribution in [-0.4, -0.2) is 49.5 Å². The van der Waals surface area contributed by atoms with E-state index < -0.39 is 0 Å². The molecule has 28 heavy (non-hydrogen) atoms. The molecule has 1 aliphatic rings. The Hall–Kier alpha value is -2.93. The van der Waals surface area contributed by atoms with Gasteiger partial charge in [0.1, 0.15) is 18.2 Å². The van der Waals surface area contributed by atoms with Crippen molar-refractivity contribution in [3.63, 3.8) is 0 Å². The molecule has 1 heterocycles. The van der Waals surface area contributed by atoms with Crippen LogP contribution in [0.3, 0.4) is 0 Å². The predicted octanol–water partition coefficient (Wildman–Crippen LogP) is 2.90. The third-order valence-electron chi connectivity index (χ3n) is 4.59. The highest BCUT2D eigenvalue weighted by Crippen LogP contribution is 2.31. The first kappa shape index (κ1) is 19.8. The molecule has 7 heteroatoms. The number of likely N-dealkylation sites (N-methyl/N-ethyl adjacent to an activating group) is 1. The molecule has 3 rings (SSSR count). The molecular formula is C21H24FN3O3. The Morgan fingerprint density at radius 1 is 1.25 bits per heavy atom. The second kappa shape index (κ2) is 8.84. The third kappa shape index (κ3) is 4.86. The van der Waals surface area contributed by atoms with E-state index in [0.29, 0.717) is 30.3 Å². The van der Waals surface area contributed by atoms with Gasteiger partial charge in [0, 0.05) is 19.0 Å². The maximum Gasteiger partial charge on any atom is 0.241 e. The largest absolute Gasteiger partial charge is 0.492 e. The predicted molar refractivity (Wildman–Crippen MR) is 106 cm³/mol. The van der Waals surface area contributed by atoms with Gasteiger partial charge in [-0.1, -0.05) is 12.1 Å². The molecule has 0 unspecified atom stereocenters. The number of fused-ring (bicyclic) bond motifs is 1. The van der Waals surface area contributed by atoms with Gasteiger partial charge in [-0.05, 0) is 50.4 Å². The Kier molecular flexibility index (Phi) is 6.26. The highest BCUT2D eigenvalue weighted by molar-refractivity contribution is 6.04. The van der Waals surface area contributed by atoms with E-state index in [1.54, 1.807) is 23.1 Å². The molecule has 2 aromatic rings. The van der Waals surface area contributed by atoms with Crippen LogP contribution >= 0.6 is 0 Å². The number of benzene rings is 2. The summed E-state index contributed by atoms with van der Waals surface area (Å²) in [5.41, 5.74) is 1.36. The summed E-state index contributed by atoms with van der Waals surface area (Å²) in [6.07, 6.45) is 0.248. The van der Waals surface area contributed by atoms with E-state index in [1.165, 1.54) is 12.1 Å². The lowest BCUT2D eigenvalue weighted by Gasteiger charge is -2.29. The Labute approximate surface area is 163 Å². The quantitative estimate of drug-likeness (QED) is 0.831. The normalized spacial score (nSPS) is 16.4. The number of hydrogen-bond donors (Lipinski definition) is 1. The number of nitrogens with zero attached hydrogens (tertiary/aromatic N) is 2. The first-order chi connectivity index (χ1) is 13.4. The van der Waals surface area contributed by atoms with Gasteiger partial charge in [0.2, 0.25) is 11.8 Å². The number of nitrogens with one attached hydrogen (secondary N) is 1. The van der Waals surface area contributed by atoms with Gasteiger partial charge < -0.3 is 15.0 Å². The second-order valence-corrected chi connectivity index (χ2v) is 6.92.